The van der Waals surface area contributed by atoms with Gasteiger partial charge in [-0.25, -0.2) is 0 Å². The molecule has 35 heavy (non-hydrogen) atoms. The molecule has 0 spiro atoms. The van der Waals surface area contributed by atoms with Crippen molar-refractivity contribution in [2.45, 2.75) is 58.2 Å². The molecule has 2 aliphatic heterocycles. The van der Waals surface area contributed by atoms with Gasteiger partial charge in [-0.05, 0) is 92.9 Å². The topological polar surface area (TPSA) is 65.4 Å². The number of aryl methyl sites for hydroxylation is 1. The van der Waals surface area contributed by atoms with Crippen LogP contribution in [0, 0.1) is 13.8 Å². The van der Waals surface area contributed by atoms with Gasteiger partial charge in [0.1, 0.15) is 11.5 Å². The SMILES string of the molecule is Cc1cc(OCCCN2CC[C@@H](O)C2)ccc1-c1cccc(OCCCCN2CC[C@@H](O)C2)c1C. The Morgan fingerprint density at radius 2 is 1.49 bits per heavy atom. The van der Waals surface area contributed by atoms with Crippen molar-refractivity contribution >= 4 is 0 Å². The second-order valence-corrected chi connectivity index (χ2v) is 10.1. The van der Waals surface area contributed by atoms with Crippen LogP contribution in [0.5, 0.6) is 11.5 Å². The number of hydrogen-bond acceptors (Lipinski definition) is 6. The predicted octanol–water partition coefficient (Wildman–Crippen LogP) is 4.03. The number of benzene rings is 2. The highest BCUT2D eigenvalue weighted by Gasteiger charge is 2.20. The molecule has 4 rings (SSSR count). The van der Waals surface area contributed by atoms with Crippen LogP contribution in [0.25, 0.3) is 11.1 Å². The number of unbranched alkanes of at least 4 members (excludes halogenated alkanes) is 1. The summed E-state index contributed by atoms with van der Waals surface area (Å²) in [6.07, 6.45) is 4.56. The normalized spacial score (nSPS) is 21.0. The van der Waals surface area contributed by atoms with E-state index in [4.69, 9.17) is 9.47 Å². The van der Waals surface area contributed by atoms with Crippen LogP contribution in [0.3, 0.4) is 0 Å². The molecule has 0 unspecified atom stereocenters. The van der Waals surface area contributed by atoms with Crippen molar-refractivity contribution < 1.29 is 19.7 Å². The molecule has 2 saturated heterocycles. The predicted molar refractivity (Wildman–Crippen MR) is 140 cm³/mol. The number of aliphatic hydroxyl groups is 2. The van der Waals surface area contributed by atoms with E-state index in [0.717, 1.165) is 82.9 Å². The fraction of sp³-hybridized carbons (Fsp3) is 0.586. The van der Waals surface area contributed by atoms with E-state index in [-0.39, 0.29) is 12.2 Å². The van der Waals surface area contributed by atoms with Crippen LogP contribution >= 0.6 is 0 Å². The third-order valence-electron chi connectivity index (χ3n) is 7.28. The number of β-amino-alcohol motifs (C(OH)–C–C–N with tert-alkyl or cyclic N) is 2. The Bertz CT molecular complexity index is 950. The first-order valence-electron chi connectivity index (χ1n) is 13.3. The number of hydrogen-bond donors (Lipinski definition) is 2. The first kappa shape index (κ1) is 26.0. The zero-order valence-electron chi connectivity index (χ0n) is 21.4. The van der Waals surface area contributed by atoms with Gasteiger partial charge in [-0.1, -0.05) is 18.2 Å². The van der Waals surface area contributed by atoms with Crippen LogP contribution in [0.2, 0.25) is 0 Å². The van der Waals surface area contributed by atoms with E-state index in [1.165, 1.54) is 22.3 Å². The molecule has 0 bridgehead atoms. The highest BCUT2D eigenvalue weighted by atomic mass is 16.5. The summed E-state index contributed by atoms with van der Waals surface area (Å²) < 4.78 is 12.2. The fourth-order valence-electron chi connectivity index (χ4n) is 5.22. The van der Waals surface area contributed by atoms with E-state index >= 15 is 0 Å². The summed E-state index contributed by atoms with van der Waals surface area (Å²) in [6.45, 7) is 11.3. The van der Waals surface area contributed by atoms with E-state index in [9.17, 15) is 10.2 Å². The van der Waals surface area contributed by atoms with Crippen molar-refractivity contribution in [3.8, 4) is 22.6 Å². The second kappa shape index (κ2) is 12.7. The minimum atomic E-state index is -0.158. The maximum absolute atomic E-state index is 9.65. The fourth-order valence-corrected chi connectivity index (χ4v) is 5.22. The quantitative estimate of drug-likeness (QED) is 0.446. The van der Waals surface area contributed by atoms with Gasteiger partial charge < -0.3 is 29.5 Å². The van der Waals surface area contributed by atoms with E-state index in [0.29, 0.717) is 13.2 Å². The molecule has 0 saturated carbocycles. The maximum atomic E-state index is 9.65. The third kappa shape index (κ3) is 7.43. The Morgan fingerprint density at radius 1 is 0.800 bits per heavy atom. The van der Waals surface area contributed by atoms with Crippen LogP contribution in [0.4, 0.5) is 0 Å². The van der Waals surface area contributed by atoms with Gasteiger partial charge in [0.05, 0.1) is 25.4 Å². The minimum Gasteiger partial charge on any atom is -0.494 e. The van der Waals surface area contributed by atoms with Crippen LogP contribution in [-0.4, -0.2) is 84.7 Å². The first-order valence-corrected chi connectivity index (χ1v) is 13.3. The molecule has 0 aromatic heterocycles. The van der Waals surface area contributed by atoms with Gasteiger partial charge in [-0.2, -0.15) is 0 Å². The van der Waals surface area contributed by atoms with Crippen molar-refractivity contribution in [1.82, 2.24) is 9.80 Å². The molecule has 0 aliphatic carbocycles. The van der Waals surface area contributed by atoms with Crippen molar-refractivity contribution in [3.63, 3.8) is 0 Å². The molecule has 2 atom stereocenters. The highest BCUT2D eigenvalue weighted by Crippen LogP contribution is 2.33. The molecule has 2 aromatic carbocycles. The monoisotopic (exact) mass is 482 g/mol. The average Bonchev–Trinajstić information content (AvgIpc) is 3.45. The Morgan fingerprint density at radius 3 is 2.14 bits per heavy atom. The van der Waals surface area contributed by atoms with Crippen molar-refractivity contribution in [2.75, 3.05) is 52.5 Å². The van der Waals surface area contributed by atoms with Gasteiger partial charge in [-0.3, -0.25) is 0 Å². The van der Waals surface area contributed by atoms with E-state index in [1.54, 1.807) is 0 Å². The number of nitrogens with zero attached hydrogens (tertiary/aromatic N) is 2. The van der Waals surface area contributed by atoms with Gasteiger partial charge in [0.15, 0.2) is 0 Å². The summed E-state index contributed by atoms with van der Waals surface area (Å²) in [5.41, 5.74) is 4.77. The molecule has 2 aliphatic rings. The molecule has 192 valence electrons. The van der Waals surface area contributed by atoms with Gasteiger partial charge in [0, 0.05) is 32.7 Å². The van der Waals surface area contributed by atoms with E-state index < -0.39 is 0 Å². The van der Waals surface area contributed by atoms with Crippen LogP contribution in [0.15, 0.2) is 36.4 Å². The Hall–Kier alpha value is -2.12. The summed E-state index contributed by atoms with van der Waals surface area (Å²) in [4.78, 5) is 4.64. The largest absolute Gasteiger partial charge is 0.494 e. The molecule has 0 amide bonds. The highest BCUT2D eigenvalue weighted by molar-refractivity contribution is 5.73. The standard InChI is InChI=1S/C29H42N2O4/c1-22-19-26(34-18-6-14-31-16-12-25(33)21-31)9-10-27(22)28-7-5-8-29(23(28)2)35-17-4-3-13-30-15-11-24(32)20-30/h5,7-10,19,24-25,32-33H,3-4,6,11-18,20-21H2,1-2H3/t24-,25-/m1/s1. The molecular formula is C29H42N2O4. The molecule has 2 heterocycles. The zero-order chi connectivity index (χ0) is 24.6. The lowest BCUT2D eigenvalue weighted by Crippen LogP contribution is -2.24. The number of likely N-dealkylation sites (tertiary alicyclic amines) is 2. The Kier molecular flexibility index (Phi) is 9.44. The lowest BCUT2D eigenvalue weighted by Gasteiger charge is -2.17. The summed E-state index contributed by atoms with van der Waals surface area (Å²) in [5, 5.41) is 19.3. The zero-order valence-corrected chi connectivity index (χ0v) is 21.4. The summed E-state index contributed by atoms with van der Waals surface area (Å²) in [7, 11) is 0. The molecule has 0 radical (unpaired) electrons. The number of ether oxygens (including phenoxy) is 2. The van der Waals surface area contributed by atoms with Crippen molar-refractivity contribution in [3.05, 3.63) is 47.5 Å². The smallest absolute Gasteiger partial charge is 0.122 e. The maximum Gasteiger partial charge on any atom is 0.122 e. The van der Waals surface area contributed by atoms with Crippen molar-refractivity contribution in [1.29, 1.82) is 0 Å². The van der Waals surface area contributed by atoms with Gasteiger partial charge >= 0.3 is 0 Å². The molecule has 2 N–H and O–H groups in total. The first-order chi connectivity index (χ1) is 17.0. The summed E-state index contributed by atoms with van der Waals surface area (Å²) in [5.74, 6) is 1.86. The molecule has 6 heteroatoms. The van der Waals surface area contributed by atoms with Crippen molar-refractivity contribution in [2.24, 2.45) is 0 Å². The van der Waals surface area contributed by atoms with Crippen LogP contribution < -0.4 is 9.47 Å². The lowest BCUT2D eigenvalue weighted by atomic mass is 9.96. The van der Waals surface area contributed by atoms with Crippen LogP contribution in [0.1, 0.15) is 43.2 Å². The summed E-state index contributed by atoms with van der Waals surface area (Å²) in [6, 6.07) is 12.6. The Balaban J connectivity index is 1.25. The molecular weight excluding hydrogens is 440 g/mol. The Labute approximate surface area is 210 Å². The minimum absolute atomic E-state index is 0.142. The van der Waals surface area contributed by atoms with Gasteiger partial charge in [-0.15, -0.1) is 0 Å². The molecule has 2 fully saturated rings. The second-order valence-electron chi connectivity index (χ2n) is 10.1. The number of aliphatic hydroxyl groups excluding tert-OH is 2. The van der Waals surface area contributed by atoms with Crippen LogP contribution in [-0.2, 0) is 0 Å². The van der Waals surface area contributed by atoms with Gasteiger partial charge in [0.2, 0.25) is 0 Å². The number of rotatable bonds is 12. The average molecular weight is 483 g/mol. The van der Waals surface area contributed by atoms with E-state index in [1.807, 2.05) is 0 Å². The molecule has 2 aromatic rings. The third-order valence-corrected chi connectivity index (χ3v) is 7.28. The van der Waals surface area contributed by atoms with E-state index in [2.05, 4.69) is 60.0 Å². The van der Waals surface area contributed by atoms with Gasteiger partial charge in [0.25, 0.3) is 0 Å². The summed E-state index contributed by atoms with van der Waals surface area (Å²) >= 11 is 0. The lowest BCUT2D eigenvalue weighted by molar-refractivity contribution is 0.173. The molecule has 6 nitrogen and oxygen atoms in total.